The molecule has 1 heteroatoms. The molecule has 0 aromatic rings. The van der Waals surface area contributed by atoms with Gasteiger partial charge < -0.3 is 0 Å². The van der Waals surface area contributed by atoms with E-state index in [1.807, 2.05) is 6.29 Å². The second-order valence-electron chi connectivity index (χ2n) is 5.84. The van der Waals surface area contributed by atoms with E-state index in [-0.39, 0.29) is 0 Å². The van der Waals surface area contributed by atoms with E-state index in [1.54, 1.807) is 0 Å². The molecular weight excluding hydrogens is 234 g/mol. The largest absolute Gasteiger partial charge is 0.291 e. The Kier molecular flexibility index (Phi) is 17.4. The molecule has 1 radical (unpaired) electrons. The average molecular weight is 269 g/mol. The first kappa shape index (κ1) is 18.7. The Morgan fingerprint density at radius 3 is 1.37 bits per heavy atom. The molecule has 0 aliphatic rings. The molecule has 0 bridgehead atoms. The van der Waals surface area contributed by atoms with Gasteiger partial charge in [-0.15, -0.1) is 0 Å². The molecule has 0 aromatic heterocycles. The van der Waals surface area contributed by atoms with Gasteiger partial charge in [-0.1, -0.05) is 96.8 Å². The van der Waals surface area contributed by atoms with Crippen LogP contribution in [0.4, 0.5) is 0 Å². The van der Waals surface area contributed by atoms with Crippen molar-refractivity contribution in [2.24, 2.45) is 0 Å². The summed E-state index contributed by atoms with van der Waals surface area (Å²) in [6, 6.07) is 0. The highest BCUT2D eigenvalue weighted by Crippen LogP contribution is 2.13. The summed E-state index contributed by atoms with van der Waals surface area (Å²) in [5, 5.41) is 0. The normalized spacial score (nSPS) is 10.8. The van der Waals surface area contributed by atoms with E-state index in [4.69, 9.17) is 0 Å². The third-order valence-electron chi connectivity index (χ3n) is 3.88. The van der Waals surface area contributed by atoms with Crippen molar-refractivity contribution in [1.29, 1.82) is 0 Å². The van der Waals surface area contributed by atoms with Crippen LogP contribution in [-0.2, 0) is 4.79 Å². The van der Waals surface area contributed by atoms with Gasteiger partial charge in [0.25, 0.3) is 0 Å². The van der Waals surface area contributed by atoms with Crippen LogP contribution in [0.5, 0.6) is 0 Å². The molecule has 0 fully saturated rings. The minimum Gasteiger partial charge on any atom is -0.291 e. The number of hydrogen-bond acceptors (Lipinski definition) is 1. The van der Waals surface area contributed by atoms with Gasteiger partial charge in [0.1, 0.15) is 0 Å². The van der Waals surface area contributed by atoms with Crippen LogP contribution in [0.25, 0.3) is 0 Å². The van der Waals surface area contributed by atoms with Crippen molar-refractivity contribution in [3.8, 4) is 0 Å². The van der Waals surface area contributed by atoms with E-state index in [9.17, 15) is 4.79 Å². The van der Waals surface area contributed by atoms with Crippen LogP contribution in [0.2, 0.25) is 0 Å². The quantitative estimate of drug-likeness (QED) is 0.298. The number of rotatable bonds is 16. The van der Waals surface area contributed by atoms with E-state index in [0.29, 0.717) is 6.42 Å². The molecule has 0 saturated carbocycles. The van der Waals surface area contributed by atoms with Crippen LogP contribution < -0.4 is 0 Å². The topological polar surface area (TPSA) is 17.1 Å². The first-order chi connectivity index (χ1) is 9.41. The molecule has 0 aliphatic heterocycles. The Morgan fingerprint density at radius 2 is 1.00 bits per heavy atom. The van der Waals surface area contributed by atoms with Crippen LogP contribution in [0.15, 0.2) is 0 Å². The predicted molar refractivity (Wildman–Crippen MR) is 85.2 cm³/mol. The van der Waals surface area contributed by atoms with E-state index < -0.39 is 0 Å². The van der Waals surface area contributed by atoms with Gasteiger partial charge in [0.2, 0.25) is 0 Å². The van der Waals surface area contributed by atoms with Crippen molar-refractivity contribution < 1.29 is 4.79 Å². The zero-order valence-electron chi connectivity index (χ0n) is 13.2. The summed E-state index contributed by atoms with van der Waals surface area (Å²) in [6.07, 6.45) is 23.2. The maximum atomic E-state index is 10.0. The monoisotopic (exact) mass is 269 g/mol. The molecular formula is C18H35O. The zero-order chi connectivity index (χ0) is 14.0. The molecule has 0 saturated heterocycles. The third kappa shape index (κ3) is 17.7. The molecule has 0 aromatic carbocycles. The highest BCUT2D eigenvalue weighted by Gasteiger charge is 1.94. The van der Waals surface area contributed by atoms with Crippen molar-refractivity contribution in [3.63, 3.8) is 0 Å². The molecule has 0 rings (SSSR count). The molecule has 19 heavy (non-hydrogen) atoms. The van der Waals surface area contributed by atoms with Crippen molar-refractivity contribution in [2.75, 3.05) is 0 Å². The molecule has 0 unspecified atom stereocenters. The summed E-state index contributed by atoms with van der Waals surface area (Å²) in [5.74, 6) is 0. The first-order valence-corrected chi connectivity index (χ1v) is 8.76. The third-order valence-corrected chi connectivity index (χ3v) is 3.88. The van der Waals surface area contributed by atoms with Gasteiger partial charge in [-0.2, -0.15) is 0 Å². The van der Waals surface area contributed by atoms with Crippen molar-refractivity contribution in [3.05, 3.63) is 0 Å². The van der Waals surface area contributed by atoms with Crippen LogP contribution in [-0.4, -0.2) is 6.29 Å². The predicted octanol–water partition coefficient (Wildman–Crippen LogP) is 6.36. The van der Waals surface area contributed by atoms with Crippen LogP contribution >= 0.6 is 0 Å². The fourth-order valence-corrected chi connectivity index (χ4v) is 2.57. The van der Waals surface area contributed by atoms with Crippen molar-refractivity contribution >= 4 is 6.29 Å². The van der Waals surface area contributed by atoms with Gasteiger partial charge in [0, 0.05) is 6.42 Å². The van der Waals surface area contributed by atoms with Gasteiger partial charge >= 0.3 is 0 Å². The smallest absolute Gasteiger partial charge is 0.198 e. The molecule has 0 amide bonds. The lowest BCUT2D eigenvalue weighted by Gasteiger charge is -2.02. The van der Waals surface area contributed by atoms with Crippen molar-refractivity contribution in [1.82, 2.24) is 0 Å². The molecule has 1 nitrogen and oxygen atoms in total. The van der Waals surface area contributed by atoms with E-state index >= 15 is 0 Å². The van der Waals surface area contributed by atoms with Gasteiger partial charge in [0.05, 0.1) is 0 Å². The van der Waals surface area contributed by atoms with Gasteiger partial charge in [-0.3, -0.25) is 4.79 Å². The Bertz CT molecular complexity index is 165. The van der Waals surface area contributed by atoms with Gasteiger partial charge in [0.15, 0.2) is 6.29 Å². The van der Waals surface area contributed by atoms with Crippen LogP contribution in [0.3, 0.4) is 0 Å². The fourth-order valence-electron chi connectivity index (χ4n) is 2.57. The van der Waals surface area contributed by atoms with Crippen molar-refractivity contribution in [2.45, 2.75) is 110 Å². The second-order valence-corrected chi connectivity index (χ2v) is 5.84. The molecule has 0 aliphatic carbocycles. The minimum atomic E-state index is 0.637. The number of carbonyl (C=O) groups excluding carboxylic acids is 1. The Labute approximate surface area is 121 Å². The molecule has 0 spiro atoms. The van der Waals surface area contributed by atoms with E-state index in [0.717, 1.165) is 6.42 Å². The fraction of sp³-hybridized carbons (Fsp3) is 0.944. The average Bonchev–Trinajstić information content (AvgIpc) is 2.43. The second kappa shape index (κ2) is 17.7. The zero-order valence-corrected chi connectivity index (χ0v) is 13.2. The standard InChI is InChI=1S/C18H35O/c1-2-3-4-5-6-7-8-9-10-11-12-13-14-15-16-17-18-19/h2-17H2,1H3/i17+2. The summed E-state index contributed by atoms with van der Waals surface area (Å²) in [6.45, 7) is 2.28. The maximum absolute atomic E-state index is 10.0. The molecule has 0 heterocycles. The number of unbranched alkanes of at least 4 members (excludes halogenated alkanes) is 15. The SMILES string of the molecule is CCCCCCCCCCCCCCCC[14CH2][C]=O. The summed E-state index contributed by atoms with van der Waals surface area (Å²) < 4.78 is 0. The lowest BCUT2D eigenvalue weighted by atomic mass is 10.0. The maximum Gasteiger partial charge on any atom is 0.198 e. The Morgan fingerprint density at radius 1 is 0.632 bits per heavy atom. The summed E-state index contributed by atoms with van der Waals surface area (Å²) in [5.41, 5.74) is 0. The summed E-state index contributed by atoms with van der Waals surface area (Å²) in [7, 11) is 0. The highest BCUT2D eigenvalue weighted by molar-refractivity contribution is 5.50. The van der Waals surface area contributed by atoms with Crippen LogP contribution in [0.1, 0.15) is 110 Å². The molecule has 0 atom stereocenters. The molecule has 113 valence electrons. The molecule has 0 N–H and O–H groups in total. The van der Waals surface area contributed by atoms with E-state index in [2.05, 4.69) is 6.92 Å². The Hall–Kier alpha value is -0.330. The van der Waals surface area contributed by atoms with Gasteiger partial charge in [-0.25, -0.2) is 0 Å². The van der Waals surface area contributed by atoms with Crippen LogP contribution in [0, 0.1) is 0 Å². The first-order valence-electron chi connectivity index (χ1n) is 8.76. The lowest BCUT2D eigenvalue weighted by Crippen LogP contribution is -1.83. The van der Waals surface area contributed by atoms with Gasteiger partial charge in [-0.05, 0) is 6.42 Å². The summed E-state index contributed by atoms with van der Waals surface area (Å²) in [4.78, 5) is 10.0. The van der Waals surface area contributed by atoms with E-state index in [1.165, 1.54) is 89.9 Å². The summed E-state index contributed by atoms with van der Waals surface area (Å²) >= 11 is 0. The minimum absolute atomic E-state index is 0.637. The lowest BCUT2D eigenvalue weighted by molar-refractivity contribution is 0.527. The Balaban J connectivity index is 2.89. The number of hydrogen-bond donors (Lipinski definition) is 0. The highest BCUT2D eigenvalue weighted by atomic mass is 16.1.